The quantitative estimate of drug-likeness (QED) is 0.905. The SMILES string of the molecule is Cc1cccc(C(=O)NCC2NCCc3ccccc32)c1F.Cl. The summed E-state index contributed by atoms with van der Waals surface area (Å²) in [7, 11) is 0. The molecule has 0 saturated heterocycles. The van der Waals surface area contributed by atoms with Crippen molar-refractivity contribution in [1.29, 1.82) is 0 Å². The molecule has 0 radical (unpaired) electrons. The third-order valence-electron chi connectivity index (χ3n) is 4.12. The lowest BCUT2D eigenvalue weighted by molar-refractivity contribution is 0.0945. The van der Waals surface area contributed by atoms with Gasteiger partial charge in [-0.15, -0.1) is 12.4 Å². The van der Waals surface area contributed by atoms with E-state index >= 15 is 0 Å². The van der Waals surface area contributed by atoms with E-state index in [1.807, 2.05) is 12.1 Å². The van der Waals surface area contributed by atoms with Crippen LogP contribution in [-0.2, 0) is 6.42 Å². The Balaban J connectivity index is 0.00000192. The topological polar surface area (TPSA) is 41.1 Å². The fourth-order valence-electron chi connectivity index (χ4n) is 2.89. The second-order valence-electron chi connectivity index (χ2n) is 5.60. The first-order chi connectivity index (χ1) is 10.7. The summed E-state index contributed by atoms with van der Waals surface area (Å²) >= 11 is 0. The van der Waals surface area contributed by atoms with Crippen molar-refractivity contribution in [2.75, 3.05) is 13.1 Å². The molecular weight excluding hydrogens is 315 g/mol. The van der Waals surface area contributed by atoms with Crippen molar-refractivity contribution in [2.24, 2.45) is 0 Å². The maximum Gasteiger partial charge on any atom is 0.254 e. The van der Waals surface area contributed by atoms with E-state index in [0.29, 0.717) is 12.1 Å². The summed E-state index contributed by atoms with van der Waals surface area (Å²) < 4.78 is 14.0. The molecule has 0 spiro atoms. The number of hydrogen-bond acceptors (Lipinski definition) is 2. The van der Waals surface area contributed by atoms with Crippen molar-refractivity contribution in [3.8, 4) is 0 Å². The van der Waals surface area contributed by atoms with Crippen molar-refractivity contribution in [2.45, 2.75) is 19.4 Å². The third kappa shape index (κ3) is 3.71. The summed E-state index contributed by atoms with van der Waals surface area (Å²) in [4.78, 5) is 12.2. The number of amides is 1. The Morgan fingerprint density at radius 2 is 2.04 bits per heavy atom. The van der Waals surface area contributed by atoms with Crippen LogP contribution < -0.4 is 10.6 Å². The van der Waals surface area contributed by atoms with Crippen molar-refractivity contribution < 1.29 is 9.18 Å². The zero-order chi connectivity index (χ0) is 15.5. The van der Waals surface area contributed by atoms with E-state index in [1.165, 1.54) is 17.2 Å². The molecule has 1 aliphatic rings. The molecule has 1 unspecified atom stereocenters. The van der Waals surface area contributed by atoms with Gasteiger partial charge in [0.1, 0.15) is 5.82 Å². The minimum Gasteiger partial charge on any atom is -0.350 e. The van der Waals surface area contributed by atoms with Gasteiger partial charge in [0.15, 0.2) is 0 Å². The zero-order valence-electron chi connectivity index (χ0n) is 12.9. The molecule has 3 rings (SSSR count). The highest BCUT2D eigenvalue weighted by molar-refractivity contribution is 5.94. The number of aryl methyl sites for hydroxylation is 1. The molecule has 1 atom stereocenters. The van der Waals surface area contributed by atoms with E-state index in [-0.39, 0.29) is 29.9 Å². The molecule has 23 heavy (non-hydrogen) atoms. The maximum atomic E-state index is 14.0. The van der Waals surface area contributed by atoms with Gasteiger partial charge < -0.3 is 10.6 Å². The van der Waals surface area contributed by atoms with E-state index in [1.54, 1.807) is 19.1 Å². The average Bonchev–Trinajstić information content (AvgIpc) is 2.55. The Bertz CT molecular complexity index is 705. The first-order valence-corrected chi connectivity index (χ1v) is 7.51. The second-order valence-corrected chi connectivity index (χ2v) is 5.60. The maximum absolute atomic E-state index is 14.0. The van der Waals surface area contributed by atoms with Gasteiger partial charge in [-0.2, -0.15) is 0 Å². The number of benzene rings is 2. The normalized spacial score (nSPS) is 16.2. The van der Waals surface area contributed by atoms with Crippen LogP contribution in [0.2, 0.25) is 0 Å². The second kappa shape index (κ2) is 7.57. The van der Waals surface area contributed by atoms with Crippen LogP contribution in [0.4, 0.5) is 4.39 Å². The predicted octanol–water partition coefficient (Wildman–Crippen LogP) is 3.17. The molecule has 122 valence electrons. The van der Waals surface area contributed by atoms with Gasteiger partial charge in [0.2, 0.25) is 0 Å². The molecule has 1 heterocycles. The molecule has 2 N–H and O–H groups in total. The van der Waals surface area contributed by atoms with Crippen LogP contribution in [0.15, 0.2) is 42.5 Å². The first-order valence-electron chi connectivity index (χ1n) is 7.51. The van der Waals surface area contributed by atoms with E-state index in [9.17, 15) is 9.18 Å². The van der Waals surface area contributed by atoms with Crippen LogP contribution in [0.5, 0.6) is 0 Å². The molecule has 1 amide bonds. The van der Waals surface area contributed by atoms with Crippen LogP contribution in [0, 0.1) is 12.7 Å². The highest BCUT2D eigenvalue weighted by Crippen LogP contribution is 2.22. The van der Waals surface area contributed by atoms with Gasteiger partial charge in [0, 0.05) is 12.6 Å². The monoisotopic (exact) mass is 334 g/mol. The molecule has 0 fully saturated rings. The number of fused-ring (bicyclic) bond motifs is 1. The number of halogens is 2. The first kappa shape index (κ1) is 17.4. The number of rotatable bonds is 3. The minimum absolute atomic E-state index is 0. The number of hydrogen-bond donors (Lipinski definition) is 2. The Kier molecular flexibility index (Phi) is 5.74. The lowest BCUT2D eigenvalue weighted by Gasteiger charge is -2.27. The van der Waals surface area contributed by atoms with E-state index in [2.05, 4.69) is 22.8 Å². The molecule has 0 aromatic heterocycles. The van der Waals surface area contributed by atoms with Crippen LogP contribution in [0.3, 0.4) is 0 Å². The lowest BCUT2D eigenvalue weighted by atomic mass is 9.94. The summed E-state index contributed by atoms with van der Waals surface area (Å²) in [6.45, 7) is 2.99. The molecular formula is C18H20ClFN2O. The van der Waals surface area contributed by atoms with Gasteiger partial charge in [-0.05, 0) is 42.6 Å². The van der Waals surface area contributed by atoms with Crippen molar-refractivity contribution >= 4 is 18.3 Å². The van der Waals surface area contributed by atoms with Crippen LogP contribution in [0.1, 0.15) is 33.1 Å². The average molecular weight is 335 g/mol. The fourth-order valence-corrected chi connectivity index (χ4v) is 2.89. The van der Waals surface area contributed by atoms with Crippen molar-refractivity contribution in [1.82, 2.24) is 10.6 Å². The number of nitrogens with one attached hydrogen (secondary N) is 2. The molecule has 3 nitrogen and oxygen atoms in total. The molecule has 2 aromatic rings. The molecule has 2 aromatic carbocycles. The minimum atomic E-state index is -0.447. The van der Waals surface area contributed by atoms with Gasteiger partial charge in [0.05, 0.1) is 5.56 Å². The Labute approximate surface area is 141 Å². The van der Waals surface area contributed by atoms with Crippen LogP contribution in [0.25, 0.3) is 0 Å². The van der Waals surface area contributed by atoms with Crippen LogP contribution >= 0.6 is 12.4 Å². The Hall–Kier alpha value is -1.91. The van der Waals surface area contributed by atoms with Gasteiger partial charge in [-0.1, -0.05) is 36.4 Å². The smallest absolute Gasteiger partial charge is 0.254 e. The van der Waals surface area contributed by atoms with Gasteiger partial charge >= 0.3 is 0 Å². The van der Waals surface area contributed by atoms with E-state index in [4.69, 9.17) is 0 Å². The van der Waals surface area contributed by atoms with E-state index < -0.39 is 5.82 Å². The number of carbonyl (C=O) groups excluding carboxylic acids is 1. The molecule has 0 aliphatic carbocycles. The molecule has 0 bridgehead atoms. The highest BCUT2D eigenvalue weighted by Gasteiger charge is 2.20. The summed E-state index contributed by atoms with van der Waals surface area (Å²) in [6, 6.07) is 13.2. The van der Waals surface area contributed by atoms with E-state index in [0.717, 1.165) is 13.0 Å². The van der Waals surface area contributed by atoms with Crippen molar-refractivity contribution in [3.05, 3.63) is 70.5 Å². The summed E-state index contributed by atoms with van der Waals surface area (Å²) in [5.41, 5.74) is 3.10. The summed E-state index contributed by atoms with van der Waals surface area (Å²) in [5.74, 6) is -0.817. The number of carbonyl (C=O) groups is 1. The Morgan fingerprint density at radius 1 is 1.26 bits per heavy atom. The lowest BCUT2D eigenvalue weighted by Crippen LogP contribution is -2.39. The van der Waals surface area contributed by atoms with Crippen molar-refractivity contribution in [3.63, 3.8) is 0 Å². The summed E-state index contributed by atoms with van der Waals surface area (Å²) in [6.07, 6.45) is 0.993. The Morgan fingerprint density at radius 3 is 2.87 bits per heavy atom. The predicted molar refractivity (Wildman–Crippen MR) is 91.6 cm³/mol. The molecule has 1 aliphatic heterocycles. The zero-order valence-corrected chi connectivity index (χ0v) is 13.8. The van der Waals surface area contributed by atoms with Crippen LogP contribution in [-0.4, -0.2) is 19.0 Å². The standard InChI is InChI=1S/C18H19FN2O.ClH/c1-12-5-4-8-15(17(12)19)18(22)21-11-16-14-7-3-2-6-13(14)9-10-20-16;/h2-8,16,20H,9-11H2,1H3,(H,21,22);1H. The van der Waals surface area contributed by atoms with Gasteiger partial charge in [0.25, 0.3) is 5.91 Å². The van der Waals surface area contributed by atoms with Gasteiger partial charge in [-0.25, -0.2) is 4.39 Å². The molecule has 0 saturated carbocycles. The molecule has 5 heteroatoms. The fraction of sp³-hybridized carbons (Fsp3) is 0.278. The largest absolute Gasteiger partial charge is 0.350 e. The highest BCUT2D eigenvalue weighted by atomic mass is 35.5. The van der Waals surface area contributed by atoms with Gasteiger partial charge in [-0.3, -0.25) is 4.79 Å². The third-order valence-corrected chi connectivity index (χ3v) is 4.12. The summed E-state index contributed by atoms with van der Waals surface area (Å²) in [5, 5.41) is 6.24.